The minimum Gasteiger partial charge on any atom is -0.539 e. The smallest absolute Gasteiger partial charge is 0.334 e. The maximum atomic E-state index is 12.8. The molecule has 1 heterocycles. The molecule has 1 N–H and O–H groups in total. The minimum absolute atomic E-state index is 0.228. The predicted octanol–water partition coefficient (Wildman–Crippen LogP) is -0.965. The highest BCUT2D eigenvalue weighted by Crippen LogP contribution is 2.20. The third-order valence-electron chi connectivity index (χ3n) is 3.31. The summed E-state index contributed by atoms with van der Waals surface area (Å²) < 4.78 is 30.9. The summed E-state index contributed by atoms with van der Waals surface area (Å²) in [5, 5.41) is 23.7. The van der Waals surface area contributed by atoms with Gasteiger partial charge in [0.25, 0.3) is 10.0 Å². The number of hydrogen-bond donors (Lipinski definition) is 1. The highest BCUT2D eigenvalue weighted by molar-refractivity contribution is 7.89. The Morgan fingerprint density at radius 1 is 1.36 bits per heavy atom. The molecule has 0 spiro atoms. The van der Waals surface area contributed by atoms with Gasteiger partial charge in [0.1, 0.15) is 5.95 Å². The highest BCUT2D eigenvalue weighted by Gasteiger charge is 2.41. The standard InChI is InChI=1S/C14H15N3O7S/c1-9-3-5-11(6-4-9)25(22,23)17(10(2)18)12(14(20)21)7-16-8-13(19)24-15-16/h3-6,8,12H,7H2,1-2H3,(H-,15,19,20,21). The first kappa shape index (κ1) is 18.4. The van der Waals surface area contributed by atoms with Gasteiger partial charge in [0.05, 0.1) is 10.2 Å². The second kappa shape index (κ2) is 6.89. The largest absolute Gasteiger partial charge is 0.539 e. The topological polar surface area (TPSA) is 145 Å². The number of carbonyl (C=O) groups excluding carboxylic acids is 1. The van der Waals surface area contributed by atoms with Crippen LogP contribution < -0.4 is 9.79 Å². The summed E-state index contributed by atoms with van der Waals surface area (Å²) in [6, 6.07) is 3.80. The number of aliphatic carboxylic acids is 1. The van der Waals surface area contributed by atoms with Crippen LogP contribution in [0.25, 0.3) is 0 Å². The zero-order chi connectivity index (χ0) is 18.8. The van der Waals surface area contributed by atoms with E-state index in [9.17, 15) is 28.2 Å². The lowest BCUT2D eigenvalue weighted by atomic mass is 10.2. The molecule has 1 aromatic heterocycles. The van der Waals surface area contributed by atoms with E-state index in [-0.39, 0.29) is 9.20 Å². The third kappa shape index (κ3) is 3.94. The number of aromatic nitrogens is 2. The van der Waals surface area contributed by atoms with E-state index in [0.29, 0.717) is 0 Å². The fourth-order valence-electron chi connectivity index (χ4n) is 2.16. The van der Waals surface area contributed by atoms with Gasteiger partial charge in [-0.25, -0.2) is 17.5 Å². The van der Waals surface area contributed by atoms with Crippen LogP contribution in [-0.2, 0) is 26.2 Å². The molecule has 25 heavy (non-hydrogen) atoms. The molecule has 0 aliphatic rings. The van der Waals surface area contributed by atoms with Gasteiger partial charge in [-0.3, -0.25) is 4.79 Å². The molecule has 0 aliphatic carbocycles. The van der Waals surface area contributed by atoms with Gasteiger partial charge < -0.3 is 14.7 Å². The summed E-state index contributed by atoms with van der Waals surface area (Å²) in [5.41, 5.74) is 0.796. The number of carboxylic acids is 1. The molecule has 0 saturated heterocycles. The van der Waals surface area contributed by atoms with E-state index in [4.69, 9.17) is 0 Å². The Bertz CT molecular complexity index is 889. The maximum Gasteiger partial charge on any atom is 0.334 e. The van der Waals surface area contributed by atoms with Crippen molar-refractivity contribution < 1.29 is 37.4 Å². The average molecular weight is 369 g/mol. The number of amides is 1. The Balaban J connectivity index is 2.47. The average Bonchev–Trinajstić information content (AvgIpc) is 2.91. The molecule has 10 nitrogen and oxygen atoms in total. The van der Waals surface area contributed by atoms with Gasteiger partial charge >= 0.3 is 5.97 Å². The molecule has 0 saturated carbocycles. The first-order valence-electron chi connectivity index (χ1n) is 7.01. The van der Waals surface area contributed by atoms with Crippen LogP contribution in [0.2, 0.25) is 0 Å². The van der Waals surface area contributed by atoms with E-state index < -0.39 is 40.4 Å². The molecule has 1 aromatic carbocycles. The molecule has 0 bridgehead atoms. The van der Waals surface area contributed by atoms with Crippen molar-refractivity contribution in [1.82, 2.24) is 9.58 Å². The Labute approximate surface area is 142 Å². The van der Waals surface area contributed by atoms with Crippen LogP contribution in [0.1, 0.15) is 12.5 Å². The number of nitrogens with zero attached hydrogens (tertiary/aromatic N) is 3. The van der Waals surface area contributed by atoms with Crippen molar-refractivity contribution in [3.63, 3.8) is 0 Å². The van der Waals surface area contributed by atoms with E-state index in [2.05, 4.69) is 9.79 Å². The quantitative estimate of drug-likeness (QED) is 0.641. The first-order valence-corrected chi connectivity index (χ1v) is 8.45. The Morgan fingerprint density at radius 2 is 1.96 bits per heavy atom. The van der Waals surface area contributed by atoms with E-state index >= 15 is 0 Å². The van der Waals surface area contributed by atoms with E-state index in [0.717, 1.165) is 23.4 Å². The Hall–Kier alpha value is -2.95. The van der Waals surface area contributed by atoms with Crippen molar-refractivity contribution in [2.24, 2.45) is 0 Å². The van der Waals surface area contributed by atoms with Crippen molar-refractivity contribution in [2.75, 3.05) is 0 Å². The van der Waals surface area contributed by atoms with Gasteiger partial charge in [-0.05, 0) is 19.1 Å². The number of hydrogen-bond acceptors (Lipinski definition) is 7. The van der Waals surface area contributed by atoms with E-state index in [1.165, 1.54) is 24.3 Å². The number of carboxylic acid groups (broad SMARTS) is 1. The summed E-state index contributed by atoms with van der Waals surface area (Å²) in [6.45, 7) is 2.11. The molecular formula is C14H15N3O7S. The molecule has 2 rings (SSSR count). The van der Waals surface area contributed by atoms with Crippen molar-refractivity contribution in [3.8, 4) is 5.95 Å². The SMILES string of the molecule is CC(=O)N(C(C[n+]1cc([O-])on1)C(=O)O)S(=O)(=O)c1ccc(C)cc1. The molecule has 1 amide bonds. The van der Waals surface area contributed by atoms with Gasteiger partial charge in [-0.15, -0.1) is 0 Å². The van der Waals surface area contributed by atoms with Gasteiger partial charge in [0, 0.05) is 6.92 Å². The van der Waals surface area contributed by atoms with Crippen LogP contribution in [-0.4, -0.2) is 41.0 Å². The first-order chi connectivity index (χ1) is 11.6. The molecule has 134 valence electrons. The number of sulfonamides is 1. The van der Waals surface area contributed by atoms with Crippen LogP contribution in [0.5, 0.6) is 5.95 Å². The molecule has 0 aliphatic heterocycles. The monoisotopic (exact) mass is 369 g/mol. The predicted molar refractivity (Wildman–Crippen MR) is 78.5 cm³/mol. The lowest BCUT2D eigenvalue weighted by Gasteiger charge is -2.25. The van der Waals surface area contributed by atoms with Crippen molar-refractivity contribution in [2.45, 2.75) is 31.3 Å². The van der Waals surface area contributed by atoms with E-state index in [1.54, 1.807) is 6.92 Å². The Kier molecular flexibility index (Phi) is 5.07. The molecular weight excluding hydrogens is 354 g/mol. The van der Waals surface area contributed by atoms with Crippen LogP contribution in [0.3, 0.4) is 0 Å². The van der Waals surface area contributed by atoms with Crippen molar-refractivity contribution in [1.29, 1.82) is 0 Å². The van der Waals surface area contributed by atoms with E-state index in [1.807, 2.05) is 0 Å². The third-order valence-corrected chi connectivity index (χ3v) is 5.20. The van der Waals surface area contributed by atoms with Gasteiger partial charge in [0.15, 0.2) is 0 Å². The van der Waals surface area contributed by atoms with Crippen LogP contribution >= 0.6 is 0 Å². The van der Waals surface area contributed by atoms with Crippen LogP contribution in [0.15, 0.2) is 39.9 Å². The summed E-state index contributed by atoms with van der Waals surface area (Å²) in [7, 11) is -4.42. The number of rotatable bonds is 6. The van der Waals surface area contributed by atoms with Crippen molar-refractivity contribution >= 4 is 21.9 Å². The van der Waals surface area contributed by atoms with Crippen LogP contribution in [0, 0.1) is 6.92 Å². The lowest BCUT2D eigenvalue weighted by Crippen LogP contribution is -2.55. The van der Waals surface area contributed by atoms with Crippen LogP contribution in [0.4, 0.5) is 0 Å². The summed E-state index contributed by atoms with van der Waals surface area (Å²) in [6.07, 6.45) is 0.854. The molecule has 2 aromatic rings. The lowest BCUT2D eigenvalue weighted by molar-refractivity contribution is -0.763. The summed E-state index contributed by atoms with van der Waals surface area (Å²) >= 11 is 0. The number of aryl methyl sites for hydroxylation is 1. The van der Waals surface area contributed by atoms with Gasteiger partial charge in [-0.2, -0.15) is 0 Å². The molecule has 1 unspecified atom stereocenters. The fraction of sp³-hybridized carbons (Fsp3) is 0.286. The fourth-order valence-corrected chi connectivity index (χ4v) is 3.69. The molecule has 11 heteroatoms. The summed E-state index contributed by atoms with van der Waals surface area (Å²) in [5.74, 6) is -3.40. The molecule has 0 fully saturated rings. The van der Waals surface area contributed by atoms with Crippen molar-refractivity contribution in [3.05, 3.63) is 36.0 Å². The second-order valence-corrected chi connectivity index (χ2v) is 7.05. The second-order valence-electron chi connectivity index (χ2n) is 5.23. The zero-order valence-electron chi connectivity index (χ0n) is 13.3. The number of benzene rings is 1. The number of carbonyl (C=O) groups is 2. The van der Waals surface area contributed by atoms with Gasteiger partial charge in [-0.1, -0.05) is 22.4 Å². The molecule has 0 radical (unpaired) electrons. The summed E-state index contributed by atoms with van der Waals surface area (Å²) in [4.78, 5) is 23.3. The van der Waals surface area contributed by atoms with Gasteiger partial charge in [0.2, 0.25) is 24.7 Å². The minimum atomic E-state index is -4.42. The zero-order valence-corrected chi connectivity index (χ0v) is 14.1. The highest BCUT2D eigenvalue weighted by atomic mass is 32.2. The Morgan fingerprint density at radius 3 is 2.40 bits per heavy atom. The maximum absolute atomic E-state index is 12.8. The normalized spacial score (nSPS) is 12.6. The molecule has 1 atom stereocenters.